The fraction of sp³-hybridized carbons (Fsp3) is 0.316. The second-order valence-electron chi connectivity index (χ2n) is 6.49. The number of benzene rings is 2. The van der Waals surface area contributed by atoms with Crippen LogP contribution in [0.1, 0.15) is 27.0 Å². The first-order chi connectivity index (χ1) is 11.3. The van der Waals surface area contributed by atoms with E-state index in [0.29, 0.717) is 35.3 Å². The zero-order chi connectivity index (χ0) is 17.9. The van der Waals surface area contributed by atoms with Gasteiger partial charge in [-0.3, -0.25) is 4.79 Å². The zero-order valence-corrected chi connectivity index (χ0v) is 14.6. The van der Waals surface area contributed by atoms with Gasteiger partial charge in [0.2, 0.25) is 0 Å². The molecule has 0 heterocycles. The van der Waals surface area contributed by atoms with Crippen molar-refractivity contribution in [1.29, 1.82) is 0 Å². The number of hydrogen-bond donors (Lipinski definition) is 2. The molecular formula is C19H24N2O3. The minimum atomic E-state index is -0.130. The Morgan fingerprint density at radius 3 is 1.50 bits per heavy atom. The summed E-state index contributed by atoms with van der Waals surface area (Å²) < 4.78 is 0. The summed E-state index contributed by atoms with van der Waals surface area (Å²) in [6.07, 6.45) is 0. The quantitative estimate of drug-likeness (QED) is 0.798. The second-order valence-corrected chi connectivity index (χ2v) is 6.49. The number of carbonyl (C=O) groups is 1. The van der Waals surface area contributed by atoms with Crippen LogP contribution in [-0.2, 0) is 13.1 Å². The van der Waals surface area contributed by atoms with E-state index in [1.165, 1.54) is 0 Å². The molecule has 0 amide bonds. The number of hydrogen-bond acceptors (Lipinski definition) is 5. The Balaban J connectivity index is 2.35. The SMILES string of the molecule is CN(C)Cc1cc(C(=O)c2ccc(O)c(CN(C)C)c2)ccc1O. The summed E-state index contributed by atoms with van der Waals surface area (Å²) in [4.78, 5) is 16.6. The molecule has 0 bridgehead atoms. The standard InChI is InChI=1S/C19H24N2O3/c1-20(2)11-15-9-13(5-7-17(15)22)19(24)14-6-8-18(23)16(10-14)12-21(3)4/h5-10,22-23H,11-12H2,1-4H3. The fourth-order valence-electron chi connectivity index (χ4n) is 2.55. The summed E-state index contributed by atoms with van der Waals surface area (Å²) in [5.74, 6) is 0.230. The molecule has 0 unspecified atom stereocenters. The van der Waals surface area contributed by atoms with Gasteiger partial charge >= 0.3 is 0 Å². The van der Waals surface area contributed by atoms with Crippen LogP contribution in [0.25, 0.3) is 0 Å². The maximum absolute atomic E-state index is 12.8. The smallest absolute Gasteiger partial charge is 0.193 e. The number of rotatable bonds is 6. The third-order valence-corrected chi connectivity index (χ3v) is 3.66. The monoisotopic (exact) mass is 328 g/mol. The van der Waals surface area contributed by atoms with Crippen molar-refractivity contribution in [2.75, 3.05) is 28.2 Å². The van der Waals surface area contributed by atoms with Crippen molar-refractivity contribution in [3.8, 4) is 11.5 Å². The number of phenols is 2. The maximum Gasteiger partial charge on any atom is 0.193 e. The molecule has 2 N–H and O–H groups in total. The van der Waals surface area contributed by atoms with Crippen molar-refractivity contribution in [3.05, 3.63) is 58.7 Å². The molecule has 2 rings (SSSR count). The molecule has 0 aliphatic heterocycles. The van der Waals surface area contributed by atoms with Gasteiger partial charge in [0.25, 0.3) is 0 Å². The normalized spacial score (nSPS) is 11.2. The van der Waals surface area contributed by atoms with E-state index in [4.69, 9.17) is 0 Å². The van der Waals surface area contributed by atoms with Gasteiger partial charge in [-0.2, -0.15) is 0 Å². The highest BCUT2D eigenvalue weighted by atomic mass is 16.3. The van der Waals surface area contributed by atoms with Gasteiger partial charge in [0, 0.05) is 35.3 Å². The minimum absolute atomic E-state index is 0.130. The molecule has 0 atom stereocenters. The third kappa shape index (κ3) is 4.34. The molecule has 0 saturated carbocycles. The lowest BCUT2D eigenvalue weighted by molar-refractivity contribution is 0.103. The van der Waals surface area contributed by atoms with Crippen LogP contribution in [0.2, 0.25) is 0 Å². The Morgan fingerprint density at radius 1 is 0.792 bits per heavy atom. The lowest BCUT2D eigenvalue weighted by Gasteiger charge is -2.14. The van der Waals surface area contributed by atoms with E-state index in [1.807, 2.05) is 38.0 Å². The molecule has 5 heteroatoms. The Kier molecular flexibility index (Phi) is 5.59. The number of aromatic hydroxyl groups is 2. The van der Waals surface area contributed by atoms with E-state index in [0.717, 1.165) is 0 Å². The van der Waals surface area contributed by atoms with Crippen molar-refractivity contribution in [2.45, 2.75) is 13.1 Å². The first-order valence-corrected chi connectivity index (χ1v) is 7.76. The van der Waals surface area contributed by atoms with Gasteiger partial charge < -0.3 is 20.0 Å². The highest BCUT2D eigenvalue weighted by Crippen LogP contribution is 2.24. The van der Waals surface area contributed by atoms with Crippen molar-refractivity contribution >= 4 is 5.78 Å². The molecule has 0 aromatic heterocycles. The van der Waals surface area contributed by atoms with E-state index in [1.54, 1.807) is 36.4 Å². The second kappa shape index (κ2) is 7.47. The predicted octanol–water partition coefficient (Wildman–Crippen LogP) is 2.45. The molecule has 0 saturated heterocycles. The molecule has 24 heavy (non-hydrogen) atoms. The Bertz CT molecular complexity index is 678. The summed E-state index contributed by atoms with van der Waals surface area (Å²) in [6.45, 7) is 1.10. The summed E-state index contributed by atoms with van der Waals surface area (Å²) in [6, 6.07) is 9.78. The zero-order valence-electron chi connectivity index (χ0n) is 14.6. The van der Waals surface area contributed by atoms with Gasteiger partial charge in [-0.1, -0.05) is 0 Å². The van der Waals surface area contributed by atoms with E-state index < -0.39 is 0 Å². The molecule has 0 radical (unpaired) electrons. The van der Waals surface area contributed by atoms with Crippen LogP contribution in [0.4, 0.5) is 0 Å². The van der Waals surface area contributed by atoms with Crippen molar-refractivity contribution in [1.82, 2.24) is 9.80 Å². The first-order valence-electron chi connectivity index (χ1n) is 7.76. The third-order valence-electron chi connectivity index (χ3n) is 3.66. The van der Waals surface area contributed by atoms with Gasteiger partial charge in [0.05, 0.1) is 0 Å². The van der Waals surface area contributed by atoms with Gasteiger partial charge in [-0.15, -0.1) is 0 Å². The molecule has 0 spiro atoms. The average molecular weight is 328 g/mol. The van der Waals surface area contributed by atoms with Crippen molar-refractivity contribution in [3.63, 3.8) is 0 Å². The molecule has 128 valence electrons. The summed E-state index contributed by atoms with van der Waals surface area (Å²) in [5.41, 5.74) is 2.45. The van der Waals surface area contributed by atoms with E-state index in [2.05, 4.69) is 0 Å². The van der Waals surface area contributed by atoms with Crippen LogP contribution in [-0.4, -0.2) is 54.0 Å². The van der Waals surface area contributed by atoms with Crippen molar-refractivity contribution in [2.24, 2.45) is 0 Å². The number of ketones is 1. The van der Waals surface area contributed by atoms with E-state index in [-0.39, 0.29) is 17.3 Å². The van der Waals surface area contributed by atoms with Crippen LogP contribution < -0.4 is 0 Å². The van der Waals surface area contributed by atoms with Crippen LogP contribution in [0, 0.1) is 0 Å². The number of nitrogens with zero attached hydrogens (tertiary/aromatic N) is 2. The summed E-state index contributed by atoms with van der Waals surface area (Å²) in [7, 11) is 7.62. The van der Waals surface area contributed by atoms with Gasteiger partial charge in [-0.05, 0) is 64.6 Å². The van der Waals surface area contributed by atoms with Crippen LogP contribution in [0.15, 0.2) is 36.4 Å². The first kappa shape index (κ1) is 18.0. The molecule has 0 aliphatic rings. The minimum Gasteiger partial charge on any atom is -0.508 e. The van der Waals surface area contributed by atoms with E-state index >= 15 is 0 Å². The van der Waals surface area contributed by atoms with Crippen LogP contribution in [0.3, 0.4) is 0 Å². The van der Waals surface area contributed by atoms with Crippen LogP contribution >= 0.6 is 0 Å². The van der Waals surface area contributed by atoms with Gasteiger partial charge in [0.1, 0.15) is 11.5 Å². The number of phenolic OH excluding ortho intramolecular Hbond substituents is 2. The van der Waals surface area contributed by atoms with Crippen LogP contribution in [0.5, 0.6) is 11.5 Å². The Labute approximate surface area is 142 Å². The summed E-state index contributed by atoms with van der Waals surface area (Å²) >= 11 is 0. The van der Waals surface area contributed by atoms with Gasteiger partial charge in [0.15, 0.2) is 5.78 Å². The topological polar surface area (TPSA) is 64.0 Å². The summed E-state index contributed by atoms with van der Waals surface area (Å²) in [5, 5.41) is 19.9. The lowest BCUT2D eigenvalue weighted by atomic mass is 9.98. The largest absolute Gasteiger partial charge is 0.508 e. The molecule has 2 aromatic rings. The molecule has 0 aliphatic carbocycles. The number of carbonyl (C=O) groups excluding carboxylic acids is 1. The molecular weight excluding hydrogens is 304 g/mol. The molecule has 5 nitrogen and oxygen atoms in total. The van der Waals surface area contributed by atoms with E-state index in [9.17, 15) is 15.0 Å². The van der Waals surface area contributed by atoms with Gasteiger partial charge in [-0.25, -0.2) is 0 Å². The lowest BCUT2D eigenvalue weighted by Crippen LogP contribution is -2.13. The fourth-order valence-corrected chi connectivity index (χ4v) is 2.55. The highest BCUT2D eigenvalue weighted by molar-refractivity contribution is 6.09. The molecule has 0 fully saturated rings. The highest BCUT2D eigenvalue weighted by Gasteiger charge is 2.14. The maximum atomic E-state index is 12.8. The average Bonchev–Trinajstić information content (AvgIpc) is 2.50. The molecule has 2 aromatic carbocycles. The Hall–Kier alpha value is -2.37. The predicted molar refractivity (Wildman–Crippen MR) is 94.4 cm³/mol. The van der Waals surface area contributed by atoms with Crippen molar-refractivity contribution < 1.29 is 15.0 Å². The Morgan fingerprint density at radius 2 is 1.17 bits per heavy atom.